The van der Waals surface area contributed by atoms with Gasteiger partial charge in [0.2, 0.25) is 0 Å². The van der Waals surface area contributed by atoms with Gasteiger partial charge in [0.1, 0.15) is 0 Å². The van der Waals surface area contributed by atoms with E-state index >= 15 is 0 Å². The molecule has 1 fully saturated rings. The SMILES string of the molecule is CCNC(=NCC1(CC)CCC1)NCCS(=O)C(C)(C)C. The smallest absolute Gasteiger partial charge is 0.191 e. The number of guanidine groups is 1. The molecule has 5 heteroatoms. The van der Waals surface area contributed by atoms with E-state index < -0.39 is 10.8 Å². The molecule has 2 N–H and O–H groups in total. The minimum atomic E-state index is -0.816. The van der Waals surface area contributed by atoms with Gasteiger partial charge in [-0.1, -0.05) is 13.3 Å². The van der Waals surface area contributed by atoms with E-state index in [0.717, 1.165) is 19.0 Å². The molecule has 0 aromatic carbocycles. The first-order valence-corrected chi connectivity index (χ1v) is 9.55. The van der Waals surface area contributed by atoms with Crippen molar-refractivity contribution in [2.24, 2.45) is 10.4 Å². The zero-order valence-corrected chi connectivity index (χ0v) is 15.2. The first kappa shape index (κ1) is 18.5. The third kappa shape index (κ3) is 5.97. The molecule has 0 spiro atoms. The maximum absolute atomic E-state index is 12.0. The van der Waals surface area contributed by atoms with E-state index in [2.05, 4.69) is 24.5 Å². The van der Waals surface area contributed by atoms with E-state index in [1.165, 1.54) is 25.7 Å². The number of nitrogens with one attached hydrogen (secondary N) is 2. The molecule has 21 heavy (non-hydrogen) atoms. The summed E-state index contributed by atoms with van der Waals surface area (Å²) >= 11 is 0. The maximum Gasteiger partial charge on any atom is 0.191 e. The summed E-state index contributed by atoms with van der Waals surface area (Å²) in [6, 6.07) is 0. The van der Waals surface area contributed by atoms with E-state index in [0.29, 0.717) is 17.7 Å². The van der Waals surface area contributed by atoms with Gasteiger partial charge in [0.25, 0.3) is 0 Å². The van der Waals surface area contributed by atoms with E-state index in [-0.39, 0.29) is 4.75 Å². The van der Waals surface area contributed by atoms with Gasteiger partial charge in [0, 0.05) is 40.9 Å². The molecule has 1 aliphatic rings. The molecule has 0 amide bonds. The van der Waals surface area contributed by atoms with E-state index in [4.69, 9.17) is 4.99 Å². The first-order chi connectivity index (χ1) is 9.83. The van der Waals surface area contributed by atoms with Crippen molar-refractivity contribution in [2.75, 3.05) is 25.4 Å². The zero-order chi connectivity index (χ0) is 15.9. The van der Waals surface area contributed by atoms with Crippen LogP contribution in [0, 0.1) is 5.41 Å². The van der Waals surface area contributed by atoms with Crippen molar-refractivity contribution in [1.82, 2.24) is 10.6 Å². The molecule has 0 aromatic heterocycles. The highest BCUT2D eigenvalue weighted by Crippen LogP contribution is 2.43. The molecule has 1 aliphatic carbocycles. The van der Waals surface area contributed by atoms with Crippen LogP contribution < -0.4 is 10.6 Å². The van der Waals surface area contributed by atoms with Crippen LogP contribution in [0.15, 0.2) is 4.99 Å². The summed E-state index contributed by atoms with van der Waals surface area (Å²) in [5, 5.41) is 6.59. The fourth-order valence-electron chi connectivity index (χ4n) is 2.46. The van der Waals surface area contributed by atoms with Gasteiger partial charge in [-0.05, 0) is 52.4 Å². The summed E-state index contributed by atoms with van der Waals surface area (Å²) in [4.78, 5) is 4.73. The summed E-state index contributed by atoms with van der Waals surface area (Å²) in [6.07, 6.45) is 5.17. The highest BCUT2D eigenvalue weighted by Gasteiger charge is 2.34. The number of aliphatic imine (C=N–C) groups is 1. The van der Waals surface area contributed by atoms with Gasteiger partial charge in [-0.3, -0.25) is 9.20 Å². The average molecular weight is 316 g/mol. The molecule has 0 saturated heterocycles. The van der Waals surface area contributed by atoms with Crippen LogP contribution in [0.3, 0.4) is 0 Å². The maximum atomic E-state index is 12.0. The molecule has 0 bridgehead atoms. The van der Waals surface area contributed by atoms with Gasteiger partial charge in [0.15, 0.2) is 5.96 Å². The summed E-state index contributed by atoms with van der Waals surface area (Å²) in [6.45, 7) is 12.9. The molecule has 0 radical (unpaired) electrons. The van der Waals surface area contributed by atoms with Crippen LogP contribution in [0.1, 0.15) is 60.3 Å². The fourth-order valence-corrected chi connectivity index (χ4v) is 3.36. The predicted molar refractivity (Wildman–Crippen MR) is 93.3 cm³/mol. The van der Waals surface area contributed by atoms with Crippen molar-refractivity contribution >= 4 is 16.8 Å². The van der Waals surface area contributed by atoms with Crippen LogP contribution in [-0.2, 0) is 10.8 Å². The van der Waals surface area contributed by atoms with E-state index in [1.807, 2.05) is 20.8 Å². The minimum Gasteiger partial charge on any atom is -0.357 e. The van der Waals surface area contributed by atoms with Crippen LogP contribution in [0.4, 0.5) is 0 Å². The van der Waals surface area contributed by atoms with Crippen LogP contribution in [0.5, 0.6) is 0 Å². The lowest BCUT2D eigenvalue weighted by Crippen LogP contribution is -2.42. The van der Waals surface area contributed by atoms with Crippen LogP contribution >= 0.6 is 0 Å². The number of nitrogens with zero attached hydrogens (tertiary/aromatic N) is 1. The molecule has 4 nitrogen and oxygen atoms in total. The molecular formula is C16H33N3OS. The summed E-state index contributed by atoms with van der Waals surface area (Å²) < 4.78 is 11.9. The van der Waals surface area contributed by atoms with Gasteiger partial charge in [-0.25, -0.2) is 0 Å². The predicted octanol–water partition coefficient (Wildman–Crippen LogP) is 2.67. The van der Waals surface area contributed by atoms with Gasteiger partial charge in [0.05, 0.1) is 0 Å². The third-order valence-electron chi connectivity index (χ3n) is 4.34. The van der Waals surface area contributed by atoms with E-state index in [1.54, 1.807) is 0 Å². The van der Waals surface area contributed by atoms with Crippen LogP contribution in [0.2, 0.25) is 0 Å². The Morgan fingerprint density at radius 3 is 2.33 bits per heavy atom. The van der Waals surface area contributed by atoms with E-state index in [9.17, 15) is 4.21 Å². The van der Waals surface area contributed by atoms with Crippen molar-refractivity contribution in [1.29, 1.82) is 0 Å². The molecule has 124 valence electrons. The number of hydrogen-bond acceptors (Lipinski definition) is 2. The second-order valence-electron chi connectivity index (χ2n) is 6.99. The Kier molecular flexibility index (Phi) is 7.17. The number of rotatable bonds is 7. The highest BCUT2D eigenvalue weighted by molar-refractivity contribution is 7.86. The monoisotopic (exact) mass is 315 g/mol. The lowest BCUT2D eigenvalue weighted by molar-refractivity contribution is 0.139. The fraction of sp³-hybridized carbons (Fsp3) is 0.938. The molecule has 1 saturated carbocycles. The Labute approximate surface area is 133 Å². The van der Waals surface area contributed by atoms with Crippen molar-refractivity contribution < 1.29 is 4.21 Å². The normalized spacial score (nSPS) is 19.8. The largest absolute Gasteiger partial charge is 0.357 e. The lowest BCUT2D eigenvalue weighted by atomic mass is 9.67. The van der Waals surface area contributed by atoms with Crippen LogP contribution in [0.25, 0.3) is 0 Å². The second-order valence-corrected chi connectivity index (χ2v) is 9.32. The Balaban J connectivity index is 2.44. The molecule has 1 atom stereocenters. The van der Waals surface area contributed by atoms with Crippen molar-refractivity contribution in [3.63, 3.8) is 0 Å². The summed E-state index contributed by atoms with van der Waals surface area (Å²) in [5.74, 6) is 1.52. The topological polar surface area (TPSA) is 53.5 Å². The van der Waals surface area contributed by atoms with Crippen molar-refractivity contribution in [3.8, 4) is 0 Å². The van der Waals surface area contributed by atoms with Crippen molar-refractivity contribution in [3.05, 3.63) is 0 Å². The average Bonchev–Trinajstić information content (AvgIpc) is 2.36. The standard InChI is InChI=1S/C16H33N3OS/c1-6-16(9-8-10-16)13-19-14(17-7-2)18-11-12-21(20)15(3,4)5/h6-13H2,1-5H3,(H2,17,18,19). The Morgan fingerprint density at radius 2 is 1.90 bits per heavy atom. The minimum absolute atomic E-state index is 0.143. The van der Waals surface area contributed by atoms with Gasteiger partial charge in [-0.15, -0.1) is 0 Å². The molecule has 0 aromatic rings. The Bertz CT molecular complexity index is 365. The molecule has 1 unspecified atom stereocenters. The molecule has 0 aliphatic heterocycles. The second kappa shape index (κ2) is 8.16. The van der Waals surface area contributed by atoms with Gasteiger partial charge in [-0.2, -0.15) is 0 Å². The number of hydrogen-bond donors (Lipinski definition) is 2. The summed E-state index contributed by atoms with van der Waals surface area (Å²) in [7, 11) is -0.816. The van der Waals surface area contributed by atoms with Crippen LogP contribution in [-0.4, -0.2) is 40.3 Å². The highest BCUT2D eigenvalue weighted by atomic mass is 32.2. The Hall–Kier alpha value is -0.580. The third-order valence-corrected chi connectivity index (χ3v) is 6.28. The molecule has 0 heterocycles. The molecular weight excluding hydrogens is 282 g/mol. The quantitative estimate of drug-likeness (QED) is 0.561. The lowest BCUT2D eigenvalue weighted by Gasteiger charge is -2.40. The zero-order valence-electron chi connectivity index (χ0n) is 14.4. The molecule has 1 rings (SSSR count). The first-order valence-electron chi connectivity index (χ1n) is 8.23. The summed E-state index contributed by atoms with van der Waals surface area (Å²) in [5.41, 5.74) is 0.441. The van der Waals surface area contributed by atoms with Crippen molar-refractivity contribution in [2.45, 2.75) is 65.0 Å². The van der Waals surface area contributed by atoms with Gasteiger partial charge >= 0.3 is 0 Å². The Morgan fingerprint density at radius 1 is 1.24 bits per heavy atom. The van der Waals surface area contributed by atoms with Gasteiger partial charge < -0.3 is 10.6 Å².